The summed E-state index contributed by atoms with van der Waals surface area (Å²) in [6, 6.07) is 7.81. The smallest absolute Gasteiger partial charge is 0.258 e. The highest BCUT2D eigenvalue weighted by atomic mass is 16.5. The van der Waals surface area contributed by atoms with Crippen LogP contribution in [-0.2, 0) is 0 Å². The first-order valence-corrected chi connectivity index (χ1v) is 10.3. The number of hydrogen-bond acceptors (Lipinski definition) is 5. The van der Waals surface area contributed by atoms with Crippen LogP contribution in [0.3, 0.4) is 0 Å². The molecular weight excluding hydrogens is 378 g/mol. The molecule has 30 heavy (non-hydrogen) atoms. The lowest BCUT2D eigenvalue weighted by Crippen LogP contribution is -2.30. The van der Waals surface area contributed by atoms with E-state index in [2.05, 4.69) is 21.9 Å². The maximum atomic E-state index is 12.9. The van der Waals surface area contributed by atoms with Gasteiger partial charge in [0, 0.05) is 23.9 Å². The second kappa shape index (κ2) is 7.25. The number of hydrogen-bond donors (Lipinski definition) is 1. The largest absolute Gasteiger partial charge is 0.493 e. The van der Waals surface area contributed by atoms with Crippen molar-refractivity contribution in [2.45, 2.75) is 25.7 Å². The van der Waals surface area contributed by atoms with E-state index in [0.29, 0.717) is 17.1 Å². The molecule has 0 saturated carbocycles. The summed E-state index contributed by atoms with van der Waals surface area (Å²) in [7, 11) is 3.77. The Morgan fingerprint density at radius 3 is 2.67 bits per heavy atom. The second-order valence-corrected chi connectivity index (χ2v) is 8.17. The molecule has 0 bridgehead atoms. The molecule has 5 rings (SSSR count). The minimum Gasteiger partial charge on any atom is -0.493 e. The van der Waals surface area contributed by atoms with Gasteiger partial charge in [0.1, 0.15) is 5.82 Å². The van der Waals surface area contributed by atoms with Crippen LogP contribution < -0.4 is 10.3 Å². The maximum Gasteiger partial charge on any atom is 0.258 e. The maximum absolute atomic E-state index is 12.9. The van der Waals surface area contributed by atoms with Gasteiger partial charge in [-0.2, -0.15) is 0 Å². The number of aromatic nitrogens is 4. The third-order valence-corrected chi connectivity index (χ3v) is 6.02. The van der Waals surface area contributed by atoms with E-state index in [-0.39, 0.29) is 5.56 Å². The van der Waals surface area contributed by atoms with E-state index in [4.69, 9.17) is 9.72 Å². The van der Waals surface area contributed by atoms with Gasteiger partial charge in [-0.25, -0.2) is 9.97 Å². The number of aryl methyl sites for hydroxylation is 1. The summed E-state index contributed by atoms with van der Waals surface area (Å²) in [6.07, 6.45) is 6.01. The van der Waals surface area contributed by atoms with Gasteiger partial charge in [0.15, 0.2) is 11.4 Å². The molecule has 4 aromatic rings. The van der Waals surface area contributed by atoms with E-state index in [9.17, 15) is 4.79 Å². The number of nitrogens with one attached hydrogen (secondary N) is 1. The zero-order valence-electron chi connectivity index (χ0n) is 17.5. The van der Waals surface area contributed by atoms with Crippen LogP contribution >= 0.6 is 0 Å². The van der Waals surface area contributed by atoms with Gasteiger partial charge >= 0.3 is 0 Å². The fourth-order valence-electron chi connectivity index (χ4n) is 4.31. The molecular formula is C23H25N5O2. The van der Waals surface area contributed by atoms with Crippen molar-refractivity contribution >= 4 is 16.6 Å². The number of nitrogens with zero attached hydrogens (tertiary/aromatic N) is 4. The van der Waals surface area contributed by atoms with Crippen LogP contribution in [0.1, 0.15) is 30.3 Å². The number of benzene rings is 1. The molecule has 1 aromatic carbocycles. The van der Waals surface area contributed by atoms with Crippen molar-refractivity contribution < 1.29 is 4.74 Å². The summed E-state index contributed by atoms with van der Waals surface area (Å²) >= 11 is 0. The van der Waals surface area contributed by atoms with Crippen molar-refractivity contribution in [1.82, 2.24) is 24.3 Å². The van der Waals surface area contributed by atoms with Gasteiger partial charge in [-0.15, -0.1) is 0 Å². The molecule has 154 valence electrons. The van der Waals surface area contributed by atoms with Crippen LogP contribution in [0.5, 0.6) is 5.75 Å². The van der Waals surface area contributed by atoms with E-state index in [1.165, 1.54) is 0 Å². The molecule has 7 heteroatoms. The average molecular weight is 403 g/mol. The van der Waals surface area contributed by atoms with Crippen molar-refractivity contribution in [3.8, 4) is 16.9 Å². The molecule has 0 atom stereocenters. The van der Waals surface area contributed by atoms with E-state index in [1.54, 1.807) is 7.11 Å². The Morgan fingerprint density at radius 1 is 1.10 bits per heavy atom. The predicted octanol–water partition coefficient (Wildman–Crippen LogP) is 3.36. The van der Waals surface area contributed by atoms with Crippen molar-refractivity contribution in [3.63, 3.8) is 0 Å². The second-order valence-electron chi connectivity index (χ2n) is 8.17. The molecule has 7 nitrogen and oxygen atoms in total. The van der Waals surface area contributed by atoms with Crippen molar-refractivity contribution in [2.24, 2.45) is 0 Å². The Balaban J connectivity index is 1.57. The lowest BCUT2D eigenvalue weighted by molar-refractivity contribution is 0.251. The zero-order valence-corrected chi connectivity index (χ0v) is 17.5. The number of aromatic amines is 1. The fraction of sp³-hybridized carbons (Fsp3) is 0.348. The number of ether oxygens (including phenoxy) is 1. The molecule has 1 fully saturated rings. The van der Waals surface area contributed by atoms with Gasteiger partial charge in [-0.05, 0) is 63.7 Å². The van der Waals surface area contributed by atoms with E-state index < -0.39 is 0 Å². The summed E-state index contributed by atoms with van der Waals surface area (Å²) in [6.45, 7) is 4.02. The number of piperidine rings is 1. The minimum absolute atomic E-state index is 0.0812. The number of likely N-dealkylation sites (tertiary alicyclic amines) is 1. The topological polar surface area (TPSA) is 75.5 Å². The van der Waals surface area contributed by atoms with E-state index in [0.717, 1.165) is 59.7 Å². The molecule has 3 aromatic heterocycles. The summed E-state index contributed by atoms with van der Waals surface area (Å²) in [5, 5.41) is 0.602. The van der Waals surface area contributed by atoms with Gasteiger partial charge in [-0.1, -0.05) is 6.07 Å². The number of methoxy groups -OCH3 is 1. The molecule has 0 unspecified atom stereocenters. The first-order valence-electron chi connectivity index (χ1n) is 10.3. The van der Waals surface area contributed by atoms with Crippen LogP contribution in [0.4, 0.5) is 0 Å². The van der Waals surface area contributed by atoms with Gasteiger partial charge in [0.2, 0.25) is 0 Å². The quantitative estimate of drug-likeness (QED) is 0.568. The van der Waals surface area contributed by atoms with E-state index >= 15 is 0 Å². The lowest BCUT2D eigenvalue weighted by Gasteiger charge is -2.28. The molecule has 0 spiro atoms. The first-order chi connectivity index (χ1) is 14.5. The number of H-pyrrole nitrogens is 1. The number of rotatable bonds is 3. The van der Waals surface area contributed by atoms with Gasteiger partial charge in [0.25, 0.3) is 5.56 Å². The Hall–Kier alpha value is -3.19. The molecule has 0 amide bonds. The predicted molar refractivity (Wildman–Crippen MR) is 117 cm³/mol. The number of fused-ring (bicyclic) bond motifs is 2. The molecule has 4 heterocycles. The van der Waals surface area contributed by atoms with Crippen LogP contribution in [0.15, 0.2) is 41.5 Å². The highest BCUT2D eigenvalue weighted by Gasteiger charge is 2.21. The summed E-state index contributed by atoms with van der Waals surface area (Å²) in [4.78, 5) is 27.5. The van der Waals surface area contributed by atoms with E-state index in [1.807, 2.05) is 48.0 Å². The lowest BCUT2D eigenvalue weighted by atomic mass is 9.96. The Kier molecular flexibility index (Phi) is 4.55. The zero-order chi connectivity index (χ0) is 20.8. The molecule has 1 aliphatic heterocycles. The molecule has 0 radical (unpaired) electrons. The fourth-order valence-corrected chi connectivity index (χ4v) is 4.31. The minimum atomic E-state index is -0.0812. The van der Waals surface area contributed by atoms with Crippen LogP contribution in [-0.4, -0.2) is 51.5 Å². The molecule has 1 aliphatic rings. The Morgan fingerprint density at radius 2 is 1.90 bits per heavy atom. The standard InChI is InChI=1S/C23H25N5O2/c1-14-12-28-13-17(11-20(30-3)22(28)24-14)16-4-5-19-18(10-16)23(29)26-21(25-19)15-6-8-27(2)9-7-15/h4-5,10-13,15H,6-9H2,1-3H3,(H,25,26,29). The van der Waals surface area contributed by atoms with Gasteiger partial charge in [-0.3, -0.25) is 4.79 Å². The Bertz CT molecular complexity index is 1300. The molecule has 1 saturated heterocycles. The van der Waals surface area contributed by atoms with Gasteiger partial charge in [0.05, 0.1) is 23.7 Å². The number of imidazole rings is 1. The van der Waals surface area contributed by atoms with Crippen molar-refractivity contribution in [3.05, 3.63) is 58.5 Å². The van der Waals surface area contributed by atoms with Gasteiger partial charge < -0.3 is 19.0 Å². The average Bonchev–Trinajstić information content (AvgIpc) is 3.13. The first kappa shape index (κ1) is 18.8. The SMILES string of the molecule is COc1cc(-c2ccc3nc(C4CCN(C)CC4)[nH]c(=O)c3c2)cn2cc(C)nc12. The highest BCUT2D eigenvalue weighted by Crippen LogP contribution is 2.30. The highest BCUT2D eigenvalue weighted by molar-refractivity contribution is 5.84. The summed E-state index contributed by atoms with van der Waals surface area (Å²) < 4.78 is 7.50. The molecule has 0 aliphatic carbocycles. The van der Waals surface area contributed by atoms with Crippen LogP contribution in [0, 0.1) is 6.92 Å². The Labute approximate surface area is 174 Å². The summed E-state index contributed by atoms with van der Waals surface area (Å²) in [5.74, 6) is 1.82. The normalized spacial score (nSPS) is 15.8. The third kappa shape index (κ3) is 3.25. The van der Waals surface area contributed by atoms with Crippen LogP contribution in [0.25, 0.3) is 27.7 Å². The van der Waals surface area contributed by atoms with Crippen molar-refractivity contribution in [2.75, 3.05) is 27.2 Å². The van der Waals surface area contributed by atoms with Crippen LogP contribution in [0.2, 0.25) is 0 Å². The van der Waals surface area contributed by atoms with Crippen molar-refractivity contribution in [1.29, 1.82) is 0 Å². The number of pyridine rings is 1. The monoisotopic (exact) mass is 403 g/mol. The molecule has 1 N–H and O–H groups in total. The summed E-state index contributed by atoms with van der Waals surface area (Å²) in [5.41, 5.74) is 4.25. The third-order valence-electron chi connectivity index (χ3n) is 6.02.